The van der Waals surface area contributed by atoms with Crippen LogP contribution in [0.1, 0.15) is 71.9 Å². The van der Waals surface area contributed by atoms with Gasteiger partial charge in [-0.1, -0.05) is 88.4 Å². The van der Waals surface area contributed by atoms with E-state index < -0.39 is 66.4 Å². The van der Waals surface area contributed by atoms with Crippen LogP contribution in [0.2, 0.25) is 0 Å². The molecular weight excluding hydrogens is 668 g/mol. The number of Topliss-reactive ketones (excluding diaryl/α,β-unsaturated/α-hetero) is 1. The van der Waals surface area contributed by atoms with Gasteiger partial charge in [0.1, 0.15) is 18.3 Å². The van der Waals surface area contributed by atoms with Gasteiger partial charge in [-0.15, -0.1) is 0 Å². The topological polar surface area (TPSA) is 125 Å². The molecule has 0 radical (unpaired) electrons. The van der Waals surface area contributed by atoms with E-state index in [2.05, 4.69) is 0 Å². The molecule has 286 valence electrons. The van der Waals surface area contributed by atoms with Gasteiger partial charge in [0.05, 0.1) is 44.7 Å². The SMILES string of the molecule is CCC(OC(C)=O)C(C)C1O[C@]2(C[C@@H](OC(C)=O)[C@H]1C)C(=O)CCO[C@H]2[C@H]1C(OCc2ccccc2)C(COCc2ccccc2)OC(OC)[C@H]1C. The highest BCUT2D eigenvalue weighted by molar-refractivity contribution is 5.89. The molecule has 2 aromatic carbocycles. The Kier molecular flexibility index (Phi) is 14.0. The van der Waals surface area contributed by atoms with Crippen molar-refractivity contribution in [1.29, 1.82) is 0 Å². The third kappa shape index (κ3) is 9.12. The minimum absolute atomic E-state index is 0.104. The number of esters is 2. The van der Waals surface area contributed by atoms with Crippen LogP contribution in [0.25, 0.3) is 0 Å². The maximum atomic E-state index is 14.5. The Morgan fingerprint density at radius 2 is 1.60 bits per heavy atom. The number of rotatable bonds is 14. The van der Waals surface area contributed by atoms with Crippen LogP contribution in [-0.2, 0) is 65.5 Å². The van der Waals surface area contributed by atoms with Crippen LogP contribution in [-0.4, -0.2) is 86.6 Å². The van der Waals surface area contributed by atoms with E-state index in [0.29, 0.717) is 13.0 Å². The fourth-order valence-electron chi connectivity index (χ4n) is 8.41. The second-order valence-electron chi connectivity index (χ2n) is 14.5. The highest BCUT2D eigenvalue weighted by Crippen LogP contribution is 2.50. The normalized spacial score (nSPS) is 33.3. The molecule has 3 aliphatic heterocycles. The van der Waals surface area contributed by atoms with Gasteiger partial charge in [0.2, 0.25) is 0 Å². The van der Waals surface area contributed by atoms with E-state index in [-0.39, 0.29) is 56.2 Å². The Hall–Kier alpha value is -3.19. The standard InChI is InChI=1S/C41H56O11/c1-8-32(49-28(5)42)25(2)37-26(3)33(50-29(6)43)21-41(52-37)35(44)19-20-47-39(41)36-27(4)40(45-7)51-34(24-46-22-30-15-11-9-12-16-30)38(36)48-23-31-17-13-10-14-18-31/h9-18,25-27,32-34,36-40H,8,19-24H2,1-7H3/t25?,26-,27+,32?,33-,34?,36-,37?,38?,39+,40?,41-/m1/s1. The lowest BCUT2D eigenvalue weighted by Crippen LogP contribution is -2.70. The largest absolute Gasteiger partial charge is 0.462 e. The molecule has 11 heteroatoms. The molecule has 52 heavy (non-hydrogen) atoms. The van der Waals surface area contributed by atoms with Gasteiger partial charge in [0, 0.05) is 57.5 Å². The highest BCUT2D eigenvalue weighted by atomic mass is 16.7. The van der Waals surface area contributed by atoms with Gasteiger partial charge in [0.25, 0.3) is 0 Å². The molecule has 3 heterocycles. The van der Waals surface area contributed by atoms with Gasteiger partial charge in [-0.2, -0.15) is 0 Å². The van der Waals surface area contributed by atoms with Crippen LogP contribution in [0.15, 0.2) is 60.7 Å². The number of hydrogen-bond acceptors (Lipinski definition) is 11. The third-order valence-corrected chi connectivity index (χ3v) is 11.0. The Morgan fingerprint density at radius 3 is 2.19 bits per heavy atom. The lowest BCUT2D eigenvalue weighted by Gasteiger charge is -2.57. The van der Waals surface area contributed by atoms with Crippen LogP contribution in [0, 0.1) is 23.7 Å². The van der Waals surface area contributed by atoms with E-state index >= 15 is 0 Å². The number of carbonyl (C=O) groups is 3. The summed E-state index contributed by atoms with van der Waals surface area (Å²) >= 11 is 0. The van der Waals surface area contributed by atoms with Gasteiger partial charge in [-0.25, -0.2) is 0 Å². The molecule has 2 aromatic rings. The summed E-state index contributed by atoms with van der Waals surface area (Å²) < 4.78 is 51.1. The second-order valence-corrected chi connectivity index (χ2v) is 14.5. The molecule has 3 saturated heterocycles. The smallest absolute Gasteiger partial charge is 0.302 e. The van der Waals surface area contributed by atoms with Crippen LogP contribution >= 0.6 is 0 Å². The number of hydrogen-bond donors (Lipinski definition) is 0. The van der Waals surface area contributed by atoms with E-state index in [1.807, 2.05) is 88.4 Å². The lowest BCUT2D eigenvalue weighted by atomic mass is 9.66. The van der Waals surface area contributed by atoms with Crippen LogP contribution in [0.4, 0.5) is 0 Å². The monoisotopic (exact) mass is 724 g/mol. The van der Waals surface area contributed by atoms with Gasteiger partial charge < -0.3 is 37.9 Å². The van der Waals surface area contributed by atoms with E-state index in [4.69, 9.17) is 37.9 Å². The number of benzene rings is 2. The quantitative estimate of drug-likeness (QED) is 0.218. The van der Waals surface area contributed by atoms with E-state index in [9.17, 15) is 14.4 Å². The average molecular weight is 725 g/mol. The average Bonchev–Trinajstić information content (AvgIpc) is 3.13. The van der Waals surface area contributed by atoms with Crippen molar-refractivity contribution in [3.8, 4) is 0 Å². The molecule has 0 bridgehead atoms. The summed E-state index contributed by atoms with van der Waals surface area (Å²) in [6, 6.07) is 19.8. The van der Waals surface area contributed by atoms with E-state index in [1.165, 1.54) is 13.8 Å². The van der Waals surface area contributed by atoms with Crippen molar-refractivity contribution in [1.82, 2.24) is 0 Å². The fraction of sp³-hybridized carbons (Fsp3) is 0.634. The summed E-state index contributed by atoms with van der Waals surface area (Å²) in [5, 5.41) is 0. The Bertz CT molecular complexity index is 1450. The first-order chi connectivity index (χ1) is 25.0. The summed E-state index contributed by atoms with van der Waals surface area (Å²) in [5.41, 5.74) is 0.495. The summed E-state index contributed by atoms with van der Waals surface area (Å²) in [7, 11) is 1.60. The predicted molar refractivity (Wildman–Crippen MR) is 191 cm³/mol. The van der Waals surface area contributed by atoms with Gasteiger partial charge >= 0.3 is 11.9 Å². The minimum atomic E-state index is -1.50. The summed E-state index contributed by atoms with van der Waals surface area (Å²) in [6.07, 6.45) is -3.68. The second kappa shape index (κ2) is 18.2. The summed E-state index contributed by atoms with van der Waals surface area (Å²) in [5.74, 6) is -2.42. The Balaban J connectivity index is 1.55. The van der Waals surface area contributed by atoms with Crippen molar-refractivity contribution in [2.24, 2.45) is 23.7 Å². The molecule has 11 nitrogen and oxygen atoms in total. The maximum Gasteiger partial charge on any atom is 0.302 e. The minimum Gasteiger partial charge on any atom is -0.462 e. The van der Waals surface area contributed by atoms with Crippen molar-refractivity contribution in [2.75, 3.05) is 20.3 Å². The molecule has 0 amide bonds. The van der Waals surface area contributed by atoms with Crippen molar-refractivity contribution < 1.29 is 52.3 Å². The van der Waals surface area contributed by atoms with Gasteiger partial charge in [-0.05, 0) is 17.5 Å². The van der Waals surface area contributed by atoms with Crippen LogP contribution < -0.4 is 0 Å². The Labute approximate surface area is 307 Å². The maximum absolute atomic E-state index is 14.5. The third-order valence-electron chi connectivity index (χ3n) is 11.0. The molecule has 6 unspecified atom stereocenters. The number of methoxy groups -OCH3 is 1. The zero-order chi connectivity index (χ0) is 37.4. The summed E-state index contributed by atoms with van der Waals surface area (Å²) in [4.78, 5) is 39.2. The molecule has 0 aromatic heterocycles. The molecule has 5 rings (SSSR count). The number of ketones is 1. The van der Waals surface area contributed by atoms with Crippen LogP contribution in [0.5, 0.6) is 0 Å². The molecule has 3 fully saturated rings. The first-order valence-electron chi connectivity index (χ1n) is 18.6. The molecule has 1 spiro atoms. The van der Waals surface area contributed by atoms with E-state index in [1.54, 1.807) is 7.11 Å². The fourth-order valence-corrected chi connectivity index (χ4v) is 8.41. The zero-order valence-electron chi connectivity index (χ0n) is 31.6. The molecule has 3 aliphatic rings. The van der Waals surface area contributed by atoms with Gasteiger partial charge in [0.15, 0.2) is 17.7 Å². The van der Waals surface area contributed by atoms with Crippen molar-refractivity contribution in [2.45, 2.75) is 123 Å². The molecule has 0 aliphatic carbocycles. The van der Waals surface area contributed by atoms with Crippen molar-refractivity contribution in [3.63, 3.8) is 0 Å². The first-order valence-corrected chi connectivity index (χ1v) is 18.6. The first kappa shape index (κ1) is 40.0. The molecular formula is C41H56O11. The lowest BCUT2D eigenvalue weighted by molar-refractivity contribution is -0.317. The Morgan fingerprint density at radius 1 is 0.942 bits per heavy atom. The van der Waals surface area contributed by atoms with Crippen molar-refractivity contribution >= 4 is 17.7 Å². The van der Waals surface area contributed by atoms with Crippen molar-refractivity contribution in [3.05, 3.63) is 71.8 Å². The molecule has 0 N–H and O–H groups in total. The van der Waals surface area contributed by atoms with Crippen LogP contribution in [0.3, 0.4) is 0 Å². The predicted octanol–water partition coefficient (Wildman–Crippen LogP) is 5.84. The van der Waals surface area contributed by atoms with E-state index in [0.717, 1.165) is 11.1 Å². The molecule has 0 saturated carbocycles. The zero-order valence-corrected chi connectivity index (χ0v) is 31.6. The van der Waals surface area contributed by atoms with Gasteiger partial charge in [-0.3, -0.25) is 14.4 Å². The summed E-state index contributed by atoms with van der Waals surface area (Å²) in [6.45, 7) is 11.7. The highest BCUT2D eigenvalue weighted by Gasteiger charge is 2.64. The number of carbonyl (C=O) groups excluding carboxylic acids is 3. The molecule has 12 atom stereocenters. The number of ether oxygens (including phenoxy) is 8.